The third kappa shape index (κ3) is 6.95. The highest BCUT2D eigenvalue weighted by molar-refractivity contribution is 9.10. The zero-order valence-corrected chi connectivity index (χ0v) is 13.4. The summed E-state index contributed by atoms with van der Waals surface area (Å²) in [6.45, 7) is 7.13. The molecule has 4 heteroatoms. The van der Waals surface area contributed by atoms with Crippen molar-refractivity contribution >= 4 is 15.9 Å². The molecule has 19 heavy (non-hydrogen) atoms. The smallest absolute Gasteiger partial charge is 0.119 e. The van der Waals surface area contributed by atoms with Crippen molar-refractivity contribution in [2.45, 2.75) is 33.2 Å². The van der Waals surface area contributed by atoms with E-state index in [1.165, 1.54) is 5.56 Å². The predicted octanol–water partition coefficient (Wildman–Crippen LogP) is 3.35. The molecule has 0 atom stereocenters. The van der Waals surface area contributed by atoms with Crippen LogP contribution >= 0.6 is 15.9 Å². The molecular weight excluding hydrogens is 306 g/mol. The Balaban J connectivity index is 2.46. The summed E-state index contributed by atoms with van der Waals surface area (Å²) >= 11 is 3.56. The minimum Gasteiger partial charge on any atom is -0.494 e. The van der Waals surface area contributed by atoms with Gasteiger partial charge in [-0.3, -0.25) is 0 Å². The van der Waals surface area contributed by atoms with Crippen LogP contribution in [0.5, 0.6) is 5.75 Å². The number of hydrogen-bond donors (Lipinski definition) is 2. The van der Waals surface area contributed by atoms with Gasteiger partial charge in [0.25, 0.3) is 0 Å². The molecule has 0 aliphatic carbocycles. The van der Waals surface area contributed by atoms with Gasteiger partial charge < -0.3 is 15.2 Å². The fourth-order valence-corrected chi connectivity index (χ4v) is 2.06. The van der Waals surface area contributed by atoms with E-state index < -0.39 is 0 Å². The van der Waals surface area contributed by atoms with Crippen LogP contribution in [0.1, 0.15) is 32.3 Å². The summed E-state index contributed by atoms with van der Waals surface area (Å²) in [5, 5.41) is 12.1. The van der Waals surface area contributed by atoms with Crippen LogP contribution in [0.4, 0.5) is 0 Å². The Morgan fingerprint density at radius 3 is 2.79 bits per heavy atom. The van der Waals surface area contributed by atoms with Crippen LogP contribution in [0.2, 0.25) is 0 Å². The van der Waals surface area contributed by atoms with Gasteiger partial charge in [-0.25, -0.2) is 0 Å². The van der Waals surface area contributed by atoms with Crippen molar-refractivity contribution in [2.24, 2.45) is 5.92 Å². The number of ether oxygens (including phenoxy) is 1. The van der Waals surface area contributed by atoms with Crippen LogP contribution in [0.25, 0.3) is 0 Å². The van der Waals surface area contributed by atoms with Gasteiger partial charge in [0.2, 0.25) is 0 Å². The molecule has 3 nitrogen and oxygen atoms in total. The van der Waals surface area contributed by atoms with Gasteiger partial charge >= 0.3 is 0 Å². The van der Waals surface area contributed by atoms with Gasteiger partial charge in [0.15, 0.2) is 0 Å². The standard InChI is InChI=1S/C15H24BrNO2/c1-12(2)10-17-11-13-9-14(5-6-15(13)16)19-8-4-3-7-18/h5-6,9,12,17-18H,3-4,7-8,10-11H2,1-2H3. The molecule has 0 radical (unpaired) electrons. The van der Waals surface area contributed by atoms with Gasteiger partial charge in [-0.05, 0) is 49.1 Å². The summed E-state index contributed by atoms with van der Waals surface area (Å²) in [5.74, 6) is 1.54. The Morgan fingerprint density at radius 2 is 2.11 bits per heavy atom. The zero-order chi connectivity index (χ0) is 14.1. The minimum absolute atomic E-state index is 0.230. The number of halogens is 1. The molecule has 2 N–H and O–H groups in total. The topological polar surface area (TPSA) is 41.5 Å². The molecule has 0 spiro atoms. The molecule has 1 rings (SSSR count). The fourth-order valence-electron chi connectivity index (χ4n) is 1.68. The normalized spacial score (nSPS) is 11.0. The maximum atomic E-state index is 8.72. The SMILES string of the molecule is CC(C)CNCc1cc(OCCCCO)ccc1Br. The van der Waals surface area contributed by atoms with Gasteiger partial charge in [0, 0.05) is 17.6 Å². The van der Waals surface area contributed by atoms with Gasteiger partial charge in [-0.2, -0.15) is 0 Å². The lowest BCUT2D eigenvalue weighted by atomic mass is 10.2. The molecular formula is C15H24BrNO2. The first kappa shape index (κ1) is 16.5. The summed E-state index contributed by atoms with van der Waals surface area (Å²) in [5.41, 5.74) is 1.21. The van der Waals surface area contributed by atoms with Crippen LogP contribution in [0.15, 0.2) is 22.7 Å². The summed E-state index contributed by atoms with van der Waals surface area (Å²) in [7, 11) is 0. The summed E-state index contributed by atoms with van der Waals surface area (Å²) in [4.78, 5) is 0. The molecule has 0 saturated heterocycles. The van der Waals surface area contributed by atoms with E-state index >= 15 is 0 Å². The Morgan fingerprint density at radius 1 is 1.32 bits per heavy atom. The Kier molecular flexibility index (Phi) is 8.10. The third-order valence-corrected chi connectivity index (χ3v) is 3.48. The average molecular weight is 330 g/mol. The Bertz CT molecular complexity index is 369. The summed E-state index contributed by atoms with van der Waals surface area (Å²) in [6.07, 6.45) is 1.67. The van der Waals surface area contributed by atoms with E-state index in [0.29, 0.717) is 12.5 Å². The van der Waals surface area contributed by atoms with Gasteiger partial charge in [0.05, 0.1) is 6.61 Å². The highest BCUT2D eigenvalue weighted by Crippen LogP contribution is 2.22. The van der Waals surface area contributed by atoms with E-state index in [-0.39, 0.29) is 6.61 Å². The number of unbranched alkanes of at least 4 members (excludes halogenated alkanes) is 1. The first-order valence-electron chi connectivity index (χ1n) is 6.86. The Hall–Kier alpha value is -0.580. The number of hydrogen-bond acceptors (Lipinski definition) is 3. The molecule has 0 aliphatic rings. The molecule has 1 aromatic carbocycles. The van der Waals surface area contributed by atoms with Gasteiger partial charge in [-0.1, -0.05) is 29.8 Å². The van der Waals surface area contributed by atoms with Crippen molar-refractivity contribution in [1.29, 1.82) is 0 Å². The monoisotopic (exact) mass is 329 g/mol. The lowest BCUT2D eigenvalue weighted by Crippen LogP contribution is -2.19. The minimum atomic E-state index is 0.230. The van der Waals surface area contributed by atoms with E-state index in [1.807, 2.05) is 12.1 Å². The number of rotatable bonds is 9. The second-order valence-corrected chi connectivity index (χ2v) is 5.91. The van der Waals surface area contributed by atoms with E-state index in [2.05, 4.69) is 41.2 Å². The third-order valence-electron chi connectivity index (χ3n) is 2.71. The van der Waals surface area contributed by atoms with Crippen LogP contribution in [0.3, 0.4) is 0 Å². The second kappa shape index (κ2) is 9.34. The van der Waals surface area contributed by atoms with Crippen LogP contribution in [-0.2, 0) is 6.54 Å². The van der Waals surface area contributed by atoms with Crippen molar-refractivity contribution in [3.8, 4) is 5.75 Å². The zero-order valence-electron chi connectivity index (χ0n) is 11.8. The largest absolute Gasteiger partial charge is 0.494 e. The van der Waals surface area contributed by atoms with E-state index in [1.54, 1.807) is 0 Å². The van der Waals surface area contributed by atoms with Crippen molar-refractivity contribution < 1.29 is 9.84 Å². The molecule has 0 bridgehead atoms. The van der Waals surface area contributed by atoms with E-state index in [0.717, 1.165) is 36.2 Å². The number of benzene rings is 1. The summed E-state index contributed by atoms with van der Waals surface area (Å²) in [6, 6.07) is 6.05. The van der Waals surface area contributed by atoms with E-state index in [9.17, 15) is 0 Å². The highest BCUT2D eigenvalue weighted by Gasteiger charge is 2.03. The molecule has 0 aliphatic heterocycles. The Labute approximate surface area is 124 Å². The van der Waals surface area contributed by atoms with Crippen molar-refractivity contribution in [3.63, 3.8) is 0 Å². The fraction of sp³-hybridized carbons (Fsp3) is 0.600. The number of aliphatic hydroxyl groups excluding tert-OH is 1. The molecule has 0 amide bonds. The van der Waals surface area contributed by atoms with Crippen LogP contribution in [0, 0.1) is 5.92 Å². The maximum Gasteiger partial charge on any atom is 0.119 e. The van der Waals surface area contributed by atoms with Crippen molar-refractivity contribution in [1.82, 2.24) is 5.32 Å². The molecule has 108 valence electrons. The van der Waals surface area contributed by atoms with Crippen molar-refractivity contribution in [3.05, 3.63) is 28.2 Å². The maximum absolute atomic E-state index is 8.72. The quantitative estimate of drug-likeness (QED) is 0.683. The number of aliphatic hydroxyl groups is 1. The first-order chi connectivity index (χ1) is 9.13. The molecule has 0 saturated carbocycles. The molecule has 0 fully saturated rings. The van der Waals surface area contributed by atoms with Crippen LogP contribution < -0.4 is 10.1 Å². The second-order valence-electron chi connectivity index (χ2n) is 5.06. The average Bonchev–Trinajstić information content (AvgIpc) is 2.37. The first-order valence-corrected chi connectivity index (χ1v) is 7.65. The van der Waals surface area contributed by atoms with Crippen molar-refractivity contribution in [2.75, 3.05) is 19.8 Å². The molecule has 0 heterocycles. The molecule has 0 aromatic heterocycles. The molecule has 1 aromatic rings. The molecule has 0 unspecified atom stereocenters. The lowest BCUT2D eigenvalue weighted by Gasteiger charge is -2.11. The predicted molar refractivity (Wildman–Crippen MR) is 82.5 cm³/mol. The van der Waals surface area contributed by atoms with E-state index in [4.69, 9.17) is 9.84 Å². The summed E-state index contributed by atoms with van der Waals surface area (Å²) < 4.78 is 6.77. The highest BCUT2D eigenvalue weighted by atomic mass is 79.9. The number of nitrogens with one attached hydrogen (secondary N) is 1. The van der Waals surface area contributed by atoms with Gasteiger partial charge in [0.1, 0.15) is 5.75 Å². The van der Waals surface area contributed by atoms with Gasteiger partial charge in [-0.15, -0.1) is 0 Å². The lowest BCUT2D eigenvalue weighted by molar-refractivity contribution is 0.253. The van der Waals surface area contributed by atoms with Crippen LogP contribution in [-0.4, -0.2) is 24.9 Å².